The number of nitrogens with two attached hydrogens (primary N) is 1. The Labute approximate surface area is 117 Å². The largest absolute Gasteiger partial charge is 0.490 e. The first-order valence-electron chi connectivity index (χ1n) is 7.62. The molecule has 106 valence electrons. The number of benzene rings is 1. The van der Waals surface area contributed by atoms with Gasteiger partial charge < -0.3 is 10.5 Å². The molecule has 1 aliphatic carbocycles. The lowest BCUT2D eigenvalue weighted by Gasteiger charge is -2.32. The molecule has 0 spiro atoms. The third-order valence-electron chi connectivity index (χ3n) is 4.60. The molecular formula is C17H27NO. The molecule has 0 aliphatic heterocycles. The zero-order valence-corrected chi connectivity index (χ0v) is 12.4. The van der Waals surface area contributed by atoms with Crippen LogP contribution in [0.15, 0.2) is 24.3 Å². The summed E-state index contributed by atoms with van der Waals surface area (Å²) in [4.78, 5) is 0. The van der Waals surface area contributed by atoms with E-state index in [9.17, 15) is 0 Å². The summed E-state index contributed by atoms with van der Waals surface area (Å²) in [7, 11) is 0. The minimum atomic E-state index is 0.143. The predicted octanol–water partition coefficient (Wildman–Crippen LogP) is 4.30. The average Bonchev–Trinajstić information content (AvgIpc) is 2.43. The quantitative estimate of drug-likeness (QED) is 0.877. The Morgan fingerprint density at radius 3 is 2.42 bits per heavy atom. The summed E-state index contributed by atoms with van der Waals surface area (Å²) in [6, 6.07) is 8.46. The molecule has 1 aromatic carbocycles. The van der Waals surface area contributed by atoms with Gasteiger partial charge in [-0.1, -0.05) is 32.9 Å². The predicted molar refractivity (Wildman–Crippen MR) is 80.3 cm³/mol. The molecule has 1 saturated carbocycles. The summed E-state index contributed by atoms with van der Waals surface area (Å²) < 4.78 is 6.10. The summed E-state index contributed by atoms with van der Waals surface area (Å²) in [5, 5.41) is 0. The fourth-order valence-electron chi connectivity index (χ4n) is 2.83. The van der Waals surface area contributed by atoms with Crippen molar-refractivity contribution in [2.45, 2.75) is 58.6 Å². The van der Waals surface area contributed by atoms with E-state index < -0.39 is 0 Å². The second-order valence-corrected chi connectivity index (χ2v) is 6.09. The minimum absolute atomic E-state index is 0.143. The first-order valence-corrected chi connectivity index (χ1v) is 7.62. The summed E-state index contributed by atoms with van der Waals surface area (Å²) in [6.45, 7) is 6.80. The molecule has 0 aromatic heterocycles. The summed E-state index contributed by atoms with van der Waals surface area (Å²) >= 11 is 0. The fraction of sp³-hybridized carbons (Fsp3) is 0.647. The van der Waals surface area contributed by atoms with E-state index in [1.54, 1.807) is 0 Å². The Kier molecular flexibility index (Phi) is 4.87. The van der Waals surface area contributed by atoms with Gasteiger partial charge >= 0.3 is 0 Å². The Morgan fingerprint density at radius 2 is 1.84 bits per heavy atom. The van der Waals surface area contributed by atoms with Crippen LogP contribution in [-0.2, 0) is 0 Å². The van der Waals surface area contributed by atoms with Crippen molar-refractivity contribution in [3.63, 3.8) is 0 Å². The Balaban J connectivity index is 1.93. The standard InChI is InChI=1S/C17H27NO/c1-4-17(18)14-6-9-15(10-7-14)19-16-8-5-12(2)13(3)11-16/h6-7,9-10,12-13,16-17H,4-5,8,11,18H2,1-3H3. The highest BCUT2D eigenvalue weighted by molar-refractivity contribution is 5.29. The molecular weight excluding hydrogens is 234 g/mol. The molecule has 2 rings (SSSR count). The third-order valence-corrected chi connectivity index (χ3v) is 4.60. The highest BCUT2D eigenvalue weighted by Gasteiger charge is 2.25. The van der Waals surface area contributed by atoms with E-state index in [2.05, 4.69) is 45.0 Å². The van der Waals surface area contributed by atoms with Crippen molar-refractivity contribution in [3.05, 3.63) is 29.8 Å². The van der Waals surface area contributed by atoms with Gasteiger partial charge in [-0.05, 0) is 55.2 Å². The van der Waals surface area contributed by atoms with E-state index in [1.807, 2.05) is 0 Å². The van der Waals surface area contributed by atoms with Crippen molar-refractivity contribution in [3.8, 4) is 5.75 Å². The van der Waals surface area contributed by atoms with E-state index in [0.29, 0.717) is 6.10 Å². The smallest absolute Gasteiger partial charge is 0.119 e. The maximum absolute atomic E-state index is 6.10. The van der Waals surface area contributed by atoms with Crippen LogP contribution < -0.4 is 10.5 Å². The van der Waals surface area contributed by atoms with Gasteiger partial charge in [-0.25, -0.2) is 0 Å². The lowest BCUT2D eigenvalue weighted by atomic mass is 9.80. The zero-order chi connectivity index (χ0) is 13.8. The normalized spacial score (nSPS) is 28.9. The Morgan fingerprint density at radius 1 is 1.16 bits per heavy atom. The van der Waals surface area contributed by atoms with Gasteiger partial charge in [-0.3, -0.25) is 0 Å². The van der Waals surface area contributed by atoms with Gasteiger partial charge in [0.15, 0.2) is 0 Å². The van der Waals surface area contributed by atoms with Gasteiger partial charge in [-0.15, -0.1) is 0 Å². The fourth-order valence-corrected chi connectivity index (χ4v) is 2.83. The highest BCUT2D eigenvalue weighted by atomic mass is 16.5. The van der Waals surface area contributed by atoms with E-state index in [4.69, 9.17) is 10.5 Å². The monoisotopic (exact) mass is 261 g/mol. The molecule has 1 fully saturated rings. The van der Waals surface area contributed by atoms with Crippen LogP contribution >= 0.6 is 0 Å². The number of hydrogen-bond acceptors (Lipinski definition) is 2. The molecule has 2 heteroatoms. The summed E-state index contributed by atoms with van der Waals surface area (Å²) in [6.07, 6.45) is 5.00. The van der Waals surface area contributed by atoms with Gasteiger partial charge in [0.1, 0.15) is 5.75 Å². The maximum Gasteiger partial charge on any atom is 0.119 e. The van der Waals surface area contributed by atoms with Crippen molar-refractivity contribution in [1.82, 2.24) is 0 Å². The lowest BCUT2D eigenvalue weighted by molar-refractivity contribution is 0.101. The second-order valence-electron chi connectivity index (χ2n) is 6.09. The van der Waals surface area contributed by atoms with Crippen molar-refractivity contribution in [1.29, 1.82) is 0 Å². The molecule has 2 nitrogen and oxygen atoms in total. The number of ether oxygens (including phenoxy) is 1. The molecule has 4 atom stereocenters. The zero-order valence-electron chi connectivity index (χ0n) is 12.4. The van der Waals surface area contributed by atoms with Crippen LogP contribution in [0, 0.1) is 11.8 Å². The van der Waals surface area contributed by atoms with Gasteiger partial charge in [0.05, 0.1) is 6.10 Å². The van der Waals surface area contributed by atoms with E-state index in [1.165, 1.54) is 24.8 Å². The molecule has 19 heavy (non-hydrogen) atoms. The van der Waals surface area contributed by atoms with Crippen LogP contribution in [0.4, 0.5) is 0 Å². The number of rotatable bonds is 4. The minimum Gasteiger partial charge on any atom is -0.490 e. The molecule has 0 saturated heterocycles. The van der Waals surface area contributed by atoms with Crippen molar-refractivity contribution < 1.29 is 4.74 Å². The van der Waals surface area contributed by atoms with Crippen molar-refractivity contribution >= 4 is 0 Å². The first kappa shape index (κ1) is 14.4. The lowest BCUT2D eigenvalue weighted by Crippen LogP contribution is -2.28. The number of hydrogen-bond donors (Lipinski definition) is 1. The molecule has 1 aromatic rings. The Hall–Kier alpha value is -1.02. The average molecular weight is 261 g/mol. The van der Waals surface area contributed by atoms with Crippen LogP contribution in [0.1, 0.15) is 58.1 Å². The van der Waals surface area contributed by atoms with Crippen LogP contribution in [0.2, 0.25) is 0 Å². The Bertz CT molecular complexity index is 387. The topological polar surface area (TPSA) is 35.2 Å². The molecule has 1 aliphatic rings. The summed E-state index contributed by atoms with van der Waals surface area (Å²) in [5.41, 5.74) is 7.22. The van der Waals surface area contributed by atoms with Crippen molar-refractivity contribution in [2.24, 2.45) is 17.6 Å². The van der Waals surface area contributed by atoms with Crippen LogP contribution in [0.5, 0.6) is 5.75 Å². The third kappa shape index (κ3) is 3.73. The van der Waals surface area contributed by atoms with E-state index >= 15 is 0 Å². The molecule has 0 bridgehead atoms. The van der Waals surface area contributed by atoms with Crippen molar-refractivity contribution in [2.75, 3.05) is 0 Å². The molecule has 0 heterocycles. The molecule has 4 unspecified atom stereocenters. The van der Waals surface area contributed by atoms with Crippen LogP contribution in [0.25, 0.3) is 0 Å². The second kappa shape index (κ2) is 6.42. The first-order chi connectivity index (χ1) is 9.10. The van der Waals surface area contributed by atoms with E-state index in [-0.39, 0.29) is 6.04 Å². The van der Waals surface area contributed by atoms with Gasteiger partial charge in [-0.2, -0.15) is 0 Å². The highest BCUT2D eigenvalue weighted by Crippen LogP contribution is 2.32. The summed E-state index contributed by atoms with van der Waals surface area (Å²) in [5.74, 6) is 2.59. The van der Waals surface area contributed by atoms with Crippen LogP contribution in [-0.4, -0.2) is 6.10 Å². The van der Waals surface area contributed by atoms with Crippen LogP contribution in [0.3, 0.4) is 0 Å². The molecule has 0 radical (unpaired) electrons. The SMILES string of the molecule is CCC(N)c1ccc(OC2CCC(C)C(C)C2)cc1. The van der Waals surface area contributed by atoms with E-state index in [0.717, 1.165) is 24.0 Å². The molecule has 0 amide bonds. The van der Waals surface area contributed by atoms with Gasteiger partial charge in [0.25, 0.3) is 0 Å². The molecule has 2 N–H and O–H groups in total. The maximum atomic E-state index is 6.10. The van der Waals surface area contributed by atoms with Gasteiger partial charge in [0.2, 0.25) is 0 Å². The van der Waals surface area contributed by atoms with Gasteiger partial charge in [0, 0.05) is 6.04 Å².